The van der Waals surface area contributed by atoms with Crippen LogP contribution in [0.15, 0.2) is 48.5 Å². The summed E-state index contributed by atoms with van der Waals surface area (Å²) in [6, 6.07) is 13.3. The van der Waals surface area contributed by atoms with Crippen molar-refractivity contribution in [3.63, 3.8) is 0 Å². The lowest BCUT2D eigenvalue weighted by atomic mass is 10.2. The number of ether oxygens (including phenoxy) is 2. The first-order valence-corrected chi connectivity index (χ1v) is 7.01. The summed E-state index contributed by atoms with van der Waals surface area (Å²) < 4.78 is 10.7. The van der Waals surface area contributed by atoms with Crippen LogP contribution in [-0.2, 0) is 4.79 Å². The van der Waals surface area contributed by atoms with Crippen LogP contribution < -0.4 is 20.5 Å². The lowest BCUT2D eigenvalue weighted by Gasteiger charge is -2.15. The van der Waals surface area contributed by atoms with Gasteiger partial charge in [-0.3, -0.25) is 9.59 Å². The molecule has 0 saturated carbocycles. The molecule has 0 heterocycles. The molecule has 3 N–H and O–H groups in total. The molecule has 6 heteroatoms. The molecular formula is C17H18N2O4. The number of hydrogen-bond donors (Lipinski definition) is 2. The molecule has 0 spiro atoms. The molecule has 0 radical (unpaired) electrons. The van der Waals surface area contributed by atoms with Gasteiger partial charge in [0.1, 0.15) is 11.5 Å². The predicted molar refractivity (Wildman–Crippen MR) is 86.7 cm³/mol. The van der Waals surface area contributed by atoms with E-state index in [-0.39, 0.29) is 5.91 Å². The van der Waals surface area contributed by atoms with E-state index in [9.17, 15) is 9.59 Å². The first kappa shape index (κ1) is 16.4. The number of nitrogens with two attached hydrogens (primary N) is 1. The lowest BCUT2D eigenvalue weighted by Crippen LogP contribution is -2.30. The summed E-state index contributed by atoms with van der Waals surface area (Å²) >= 11 is 0. The first-order chi connectivity index (χ1) is 11.0. The molecule has 2 amide bonds. The van der Waals surface area contributed by atoms with Crippen molar-refractivity contribution >= 4 is 17.5 Å². The van der Waals surface area contributed by atoms with Crippen molar-refractivity contribution in [1.29, 1.82) is 0 Å². The van der Waals surface area contributed by atoms with Crippen molar-refractivity contribution in [2.75, 3.05) is 12.4 Å². The summed E-state index contributed by atoms with van der Waals surface area (Å²) in [5.41, 5.74) is 6.10. The summed E-state index contributed by atoms with van der Waals surface area (Å²) in [4.78, 5) is 23.1. The summed E-state index contributed by atoms with van der Waals surface area (Å²) in [6.07, 6.45) is -0.696. The van der Waals surface area contributed by atoms with Gasteiger partial charge in [0.15, 0.2) is 6.10 Å². The Morgan fingerprint density at radius 3 is 2.35 bits per heavy atom. The first-order valence-electron chi connectivity index (χ1n) is 7.01. The molecule has 6 nitrogen and oxygen atoms in total. The van der Waals surface area contributed by atoms with E-state index in [0.29, 0.717) is 22.7 Å². The quantitative estimate of drug-likeness (QED) is 0.855. The highest BCUT2D eigenvalue weighted by molar-refractivity contribution is 5.96. The second kappa shape index (κ2) is 7.31. The Morgan fingerprint density at radius 1 is 1.09 bits per heavy atom. The molecule has 23 heavy (non-hydrogen) atoms. The number of anilines is 1. The Morgan fingerprint density at radius 2 is 1.74 bits per heavy atom. The maximum Gasteiger partial charge on any atom is 0.265 e. The third kappa shape index (κ3) is 4.47. The molecule has 0 aliphatic heterocycles. The van der Waals surface area contributed by atoms with Crippen LogP contribution >= 0.6 is 0 Å². The number of methoxy groups -OCH3 is 1. The van der Waals surface area contributed by atoms with E-state index in [1.54, 1.807) is 62.6 Å². The van der Waals surface area contributed by atoms with Gasteiger partial charge in [-0.05, 0) is 43.3 Å². The van der Waals surface area contributed by atoms with E-state index < -0.39 is 12.0 Å². The van der Waals surface area contributed by atoms with Crippen molar-refractivity contribution in [3.8, 4) is 11.5 Å². The fourth-order valence-corrected chi connectivity index (χ4v) is 1.89. The molecule has 1 atom stereocenters. The molecule has 0 aromatic heterocycles. The SMILES string of the molecule is COc1cccc(O[C@@H](C)C(=O)Nc2ccc(C(N)=O)cc2)c1. The van der Waals surface area contributed by atoms with E-state index in [1.165, 1.54) is 0 Å². The van der Waals surface area contributed by atoms with Gasteiger partial charge in [-0.25, -0.2) is 0 Å². The Kier molecular flexibility index (Phi) is 5.19. The second-order valence-electron chi connectivity index (χ2n) is 4.87. The van der Waals surface area contributed by atoms with Gasteiger partial charge in [0.05, 0.1) is 7.11 Å². The molecule has 2 rings (SSSR count). The highest BCUT2D eigenvalue weighted by atomic mass is 16.5. The standard InChI is InChI=1S/C17H18N2O4/c1-11(23-15-5-3-4-14(10-15)22-2)17(21)19-13-8-6-12(7-9-13)16(18)20/h3-11H,1-2H3,(H2,18,20)(H,19,21)/t11-/m0/s1. The van der Waals surface area contributed by atoms with Gasteiger partial charge in [-0.15, -0.1) is 0 Å². The number of carbonyl (C=O) groups is 2. The van der Waals surface area contributed by atoms with Crippen LogP contribution in [0.25, 0.3) is 0 Å². The average Bonchev–Trinajstić information content (AvgIpc) is 2.55. The monoisotopic (exact) mass is 314 g/mol. The van der Waals surface area contributed by atoms with Crippen molar-refractivity contribution in [2.45, 2.75) is 13.0 Å². The van der Waals surface area contributed by atoms with E-state index >= 15 is 0 Å². The summed E-state index contributed by atoms with van der Waals surface area (Å²) in [6.45, 7) is 1.65. The summed E-state index contributed by atoms with van der Waals surface area (Å²) in [5.74, 6) is 0.366. The Bertz CT molecular complexity index is 698. The van der Waals surface area contributed by atoms with Crippen molar-refractivity contribution in [2.24, 2.45) is 5.73 Å². The Balaban J connectivity index is 1.97. The van der Waals surface area contributed by atoms with Crippen LogP contribution in [-0.4, -0.2) is 25.0 Å². The molecule has 0 aliphatic rings. The minimum absolute atomic E-state index is 0.306. The van der Waals surface area contributed by atoms with Gasteiger partial charge in [-0.2, -0.15) is 0 Å². The molecule has 120 valence electrons. The molecule has 0 fully saturated rings. The smallest absolute Gasteiger partial charge is 0.265 e. The Labute approximate surface area is 134 Å². The minimum Gasteiger partial charge on any atom is -0.497 e. The predicted octanol–water partition coefficient (Wildman–Crippen LogP) is 2.20. The molecular weight excluding hydrogens is 296 g/mol. The minimum atomic E-state index is -0.696. The number of benzene rings is 2. The molecule has 0 aliphatic carbocycles. The van der Waals surface area contributed by atoms with Crippen molar-refractivity contribution in [1.82, 2.24) is 0 Å². The van der Waals surface area contributed by atoms with Crippen LogP contribution in [0.3, 0.4) is 0 Å². The molecule has 0 bridgehead atoms. The zero-order chi connectivity index (χ0) is 16.8. The van der Waals surface area contributed by atoms with Gasteiger partial charge in [0.25, 0.3) is 5.91 Å². The average molecular weight is 314 g/mol. The highest BCUT2D eigenvalue weighted by Gasteiger charge is 2.15. The number of amides is 2. The lowest BCUT2D eigenvalue weighted by molar-refractivity contribution is -0.122. The van der Waals surface area contributed by atoms with Gasteiger partial charge in [-0.1, -0.05) is 6.07 Å². The fraction of sp³-hybridized carbons (Fsp3) is 0.176. The van der Waals surface area contributed by atoms with Crippen LogP contribution in [0.2, 0.25) is 0 Å². The topological polar surface area (TPSA) is 90.7 Å². The maximum atomic E-state index is 12.1. The molecule has 2 aromatic rings. The Hall–Kier alpha value is -3.02. The highest BCUT2D eigenvalue weighted by Crippen LogP contribution is 2.20. The number of carbonyl (C=O) groups excluding carboxylic acids is 2. The molecule has 0 unspecified atom stereocenters. The van der Waals surface area contributed by atoms with Crippen molar-refractivity contribution in [3.05, 3.63) is 54.1 Å². The van der Waals surface area contributed by atoms with Gasteiger partial charge < -0.3 is 20.5 Å². The van der Waals surface area contributed by atoms with E-state index in [4.69, 9.17) is 15.2 Å². The van der Waals surface area contributed by atoms with E-state index in [2.05, 4.69) is 5.32 Å². The number of primary amides is 1. The largest absolute Gasteiger partial charge is 0.497 e. The van der Waals surface area contributed by atoms with Crippen LogP contribution in [0.4, 0.5) is 5.69 Å². The summed E-state index contributed by atoms with van der Waals surface area (Å²) in [5, 5.41) is 2.71. The van der Waals surface area contributed by atoms with E-state index in [1.807, 2.05) is 0 Å². The van der Waals surface area contributed by atoms with Crippen LogP contribution in [0.1, 0.15) is 17.3 Å². The second-order valence-corrected chi connectivity index (χ2v) is 4.87. The van der Waals surface area contributed by atoms with Gasteiger partial charge in [0, 0.05) is 17.3 Å². The molecule has 2 aromatic carbocycles. The van der Waals surface area contributed by atoms with Crippen LogP contribution in [0, 0.1) is 0 Å². The number of nitrogens with one attached hydrogen (secondary N) is 1. The number of hydrogen-bond acceptors (Lipinski definition) is 4. The summed E-state index contributed by atoms with van der Waals surface area (Å²) in [7, 11) is 1.56. The third-order valence-corrected chi connectivity index (χ3v) is 3.16. The number of rotatable bonds is 6. The van der Waals surface area contributed by atoms with Crippen LogP contribution in [0.5, 0.6) is 11.5 Å². The van der Waals surface area contributed by atoms with Gasteiger partial charge in [0.2, 0.25) is 5.91 Å². The maximum absolute atomic E-state index is 12.1. The zero-order valence-electron chi connectivity index (χ0n) is 12.9. The van der Waals surface area contributed by atoms with E-state index in [0.717, 1.165) is 0 Å². The van der Waals surface area contributed by atoms with Crippen molar-refractivity contribution < 1.29 is 19.1 Å². The van der Waals surface area contributed by atoms with Gasteiger partial charge >= 0.3 is 0 Å². The fourth-order valence-electron chi connectivity index (χ4n) is 1.89. The zero-order valence-corrected chi connectivity index (χ0v) is 12.9. The molecule has 0 saturated heterocycles. The normalized spacial score (nSPS) is 11.4. The third-order valence-electron chi connectivity index (χ3n) is 3.16.